The molecule has 2 atom stereocenters. The third kappa shape index (κ3) is 3.72. The number of likely N-dealkylation sites (tertiary alicyclic amines) is 1. The maximum Gasteiger partial charge on any atom is 0.120 e. The van der Waals surface area contributed by atoms with Gasteiger partial charge in [-0.3, -0.25) is 4.90 Å². The quantitative estimate of drug-likeness (QED) is 0.820. The van der Waals surface area contributed by atoms with Crippen molar-refractivity contribution in [1.29, 1.82) is 5.26 Å². The van der Waals surface area contributed by atoms with Crippen LogP contribution in [0.5, 0.6) is 5.75 Å². The molecular weight excluding hydrogens is 250 g/mol. The monoisotopic (exact) mass is 273 g/mol. The van der Waals surface area contributed by atoms with Gasteiger partial charge in [0.25, 0.3) is 0 Å². The van der Waals surface area contributed by atoms with Crippen molar-refractivity contribution in [3.05, 3.63) is 29.8 Å². The Morgan fingerprint density at radius 3 is 2.85 bits per heavy atom. The summed E-state index contributed by atoms with van der Waals surface area (Å²) in [7, 11) is 4.29. The van der Waals surface area contributed by atoms with Gasteiger partial charge in [-0.1, -0.05) is 13.0 Å². The van der Waals surface area contributed by atoms with Gasteiger partial charge in [0.2, 0.25) is 0 Å². The van der Waals surface area contributed by atoms with Crippen LogP contribution in [0.15, 0.2) is 24.3 Å². The number of nitrogens with zero attached hydrogens (tertiary/aromatic N) is 3. The van der Waals surface area contributed by atoms with E-state index in [2.05, 4.69) is 36.9 Å². The number of ether oxygens (including phenoxy) is 1. The van der Waals surface area contributed by atoms with Crippen LogP contribution in [0.25, 0.3) is 0 Å². The van der Waals surface area contributed by atoms with Crippen LogP contribution in [-0.2, 0) is 0 Å². The molecule has 0 spiro atoms. The predicted molar refractivity (Wildman–Crippen MR) is 79.7 cm³/mol. The van der Waals surface area contributed by atoms with Crippen molar-refractivity contribution >= 4 is 0 Å². The predicted octanol–water partition coefficient (Wildman–Crippen LogP) is 1.82. The average molecular weight is 273 g/mol. The van der Waals surface area contributed by atoms with E-state index in [-0.39, 0.29) is 0 Å². The molecule has 1 fully saturated rings. The molecule has 1 heterocycles. The molecular formula is C16H23N3O. The number of likely N-dealkylation sites (N-methyl/N-ethyl adjacent to an activating group) is 1. The molecule has 0 bridgehead atoms. The van der Waals surface area contributed by atoms with Crippen molar-refractivity contribution in [2.75, 3.05) is 40.3 Å². The molecule has 1 aliphatic heterocycles. The topological polar surface area (TPSA) is 39.5 Å². The number of hydrogen-bond donors (Lipinski definition) is 0. The molecule has 108 valence electrons. The van der Waals surface area contributed by atoms with Gasteiger partial charge in [0, 0.05) is 25.7 Å². The number of benzene rings is 1. The van der Waals surface area contributed by atoms with Gasteiger partial charge in [-0.15, -0.1) is 0 Å². The fourth-order valence-corrected chi connectivity index (χ4v) is 2.85. The Bertz CT molecular complexity index is 481. The lowest BCUT2D eigenvalue weighted by Crippen LogP contribution is -2.35. The van der Waals surface area contributed by atoms with Crippen molar-refractivity contribution in [3.63, 3.8) is 0 Å². The van der Waals surface area contributed by atoms with Crippen LogP contribution in [0.4, 0.5) is 0 Å². The van der Waals surface area contributed by atoms with Gasteiger partial charge in [-0.25, -0.2) is 0 Å². The highest BCUT2D eigenvalue weighted by Crippen LogP contribution is 2.19. The zero-order valence-corrected chi connectivity index (χ0v) is 12.5. The van der Waals surface area contributed by atoms with E-state index < -0.39 is 0 Å². The summed E-state index contributed by atoms with van der Waals surface area (Å²) in [4.78, 5) is 4.76. The molecule has 1 aliphatic rings. The summed E-state index contributed by atoms with van der Waals surface area (Å²) in [5.74, 6) is 1.48. The summed E-state index contributed by atoms with van der Waals surface area (Å²) in [6.07, 6.45) is 0. The van der Waals surface area contributed by atoms with Gasteiger partial charge in [0.15, 0.2) is 0 Å². The van der Waals surface area contributed by atoms with E-state index in [0.29, 0.717) is 24.1 Å². The van der Waals surface area contributed by atoms with Gasteiger partial charge < -0.3 is 9.64 Å². The van der Waals surface area contributed by atoms with Crippen LogP contribution in [0.1, 0.15) is 12.5 Å². The highest BCUT2D eigenvalue weighted by atomic mass is 16.5. The Morgan fingerprint density at radius 2 is 2.20 bits per heavy atom. The SMILES string of the molecule is CC1CN(CCOc2cccc(C#N)c2)CC1N(C)C. The van der Waals surface area contributed by atoms with Crippen molar-refractivity contribution in [3.8, 4) is 11.8 Å². The molecule has 0 aromatic heterocycles. The van der Waals surface area contributed by atoms with Crippen LogP contribution in [0.3, 0.4) is 0 Å². The zero-order chi connectivity index (χ0) is 14.5. The second-order valence-electron chi connectivity index (χ2n) is 5.76. The minimum Gasteiger partial charge on any atom is -0.492 e. The van der Waals surface area contributed by atoms with Crippen molar-refractivity contribution < 1.29 is 4.74 Å². The molecule has 1 aromatic rings. The van der Waals surface area contributed by atoms with Crippen LogP contribution >= 0.6 is 0 Å². The molecule has 1 saturated heterocycles. The van der Waals surface area contributed by atoms with Crippen molar-refractivity contribution in [1.82, 2.24) is 9.80 Å². The average Bonchev–Trinajstić information content (AvgIpc) is 2.80. The van der Waals surface area contributed by atoms with Crippen molar-refractivity contribution in [2.24, 2.45) is 5.92 Å². The lowest BCUT2D eigenvalue weighted by Gasteiger charge is -2.22. The number of hydrogen-bond acceptors (Lipinski definition) is 4. The van der Waals surface area contributed by atoms with E-state index in [1.165, 1.54) is 0 Å². The second-order valence-corrected chi connectivity index (χ2v) is 5.76. The first-order valence-corrected chi connectivity index (χ1v) is 7.12. The van der Waals surface area contributed by atoms with Gasteiger partial charge in [-0.05, 0) is 38.2 Å². The summed E-state index contributed by atoms with van der Waals surface area (Å²) >= 11 is 0. The lowest BCUT2D eigenvalue weighted by atomic mass is 10.1. The Morgan fingerprint density at radius 1 is 1.40 bits per heavy atom. The molecule has 0 saturated carbocycles. The van der Waals surface area contributed by atoms with Crippen LogP contribution in [0, 0.1) is 17.2 Å². The van der Waals surface area contributed by atoms with E-state index in [9.17, 15) is 0 Å². The molecule has 20 heavy (non-hydrogen) atoms. The van der Waals surface area contributed by atoms with Crippen molar-refractivity contribution in [2.45, 2.75) is 13.0 Å². The van der Waals surface area contributed by atoms with Gasteiger partial charge in [0.1, 0.15) is 12.4 Å². The number of rotatable bonds is 5. The molecule has 0 radical (unpaired) electrons. The Hall–Kier alpha value is -1.57. The summed E-state index contributed by atoms with van der Waals surface area (Å²) in [6, 6.07) is 10.1. The smallest absolute Gasteiger partial charge is 0.120 e. The fourth-order valence-electron chi connectivity index (χ4n) is 2.85. The molecule has 2 unspecified atom stereocenters. The zero-order valence-electron chi connectivity index (χ0n) is 12.5. The maximum absolute atomic E-state index is 8.85. The Kier molecular flexibility index (Phi) is 4.99. The Labute approximate surface area is 121 Å². The highest BCUT2D eigenvalue weighted by molar-refractivity contribution is 5.36. The molecule has 4 nitrogen and oxygen atoms in total. The third-order valence-corrected chi connectivity index (χ3v) is 3.95. The van der Waals surface area contributed by atoms with E-state index in [1.54, 1.807) is 12.1 Å². The maximum atomic E-state index is 8.85. The largest absolute Gasteiger partial charge is 0.492 e. The summed E-state index contributed by atoms with van der Waals surface area (Å²) in [6.45, 7) is 6.15. The summed E-state index contributed by atoms with van der Waals surface area (Å²) in [5, 5.41) is 8.85. The fraction of sp³-hybridized carbons (Fsp3) is 0.562. The van der Waals surface area contributed by atoms with E-state index in [0.717, 1.165) is 25.4 Å². The summed E-state index contributed by atoms with van der Waals surface area (Å²) < 4.78 is 5.73. The first-order chi connectivity index (χ1) is 9.60. The van der Waals surface area contributed by atoms with E-state index in [1.807, 2.05) is 12.1 Å². The highest BCUT2D eigenvalue weighted by Gasteiger charge is 2.30. The molecule has 4 heteroatoms. The Balaban J connectivity index is 1.78. The molecule has 1 aromatic carbocycles. The minimum absolute atomic E-state index is 0.636. The van der Waals surface area contributed by atoms with Gasteiger partial charge in [0.05, 0.1) is 11.6 Å². The standard InChI is InChI=1S/C16H23N3O/c1-13-11-19(12-16(13)18(2)3)7-8-20-15-6-4-5-14(9-15)10-17/h4-6,9,13,16H,7-8,11-12H2,1-3H3. The summed E-state index contributed by atoms with van der Waals surface area (Å²) in [5.41, 5.74) is 0.643. The molecule has 0 aliphatic carbocycles. The number of nitriles is 1. The van der Waals surface area contributed by atoms with Crippen LogP contribution in [-0.4, -0.2) is 56.2 Å². The van der Waals surface area contributed by atoms with E-state index in [4.69, 9.17) is 10.00 Å². The van der Waals surface area contributed by atoms with Crippen LogP contribution < -0.4 is 4.74 Å². The van der Waals surface area contributed by atoms with Crippen LogP contribution in [0.2, 0.25) is 0 Å². The lowest BCUT2D eigenvalue weighted by molar-refractivity contribution is 0.220. The normalized spacial score (nSPS) is 22.9. The van der Waals surface area contributed by atoms with Gasteiger partial charge in [-0.2, -0.15) is 5.26 Å². The molecule has 0 N–H and O–H groups in total. The second kappa shape index (κ2) is 6.74. The molecule has 0 amide bonds. The van der Waals surface area contributed by atoms with E-state index >= 15 is 0 Å². The first kappa shape index (κ1) is 14.8. The molecule has 2 rings (SSSR count). The third-order valence-electron chi connectivity index (χ3n) is 3.95. The minimum atomic E-state index is 0.636. The van der Waals surface area contributed by atoms with Gasteiger partial charge >= 0.3 is 0 Å². The first-order valence-electron chi connectivity index (χ1n) is 7.12.